The van der Waals surface area contributed by atoms with E-state index in [4.69, 9.17) is 15.0 Å². The van der Waals surface area contributed by atoms with Crippen LogP contribution in [-0.2, 0) is 10.8 Å². The second-order valence-electron chi connectivity index (χ2n) is 23.3. The average Bonchev–Trinajstić information content (AvgIpc) is 2.99. The van der Waals surface area contributed by atoms with Gasteiger partial charge in [-0.05, 0) is 127 Å². The van der Waals surface area contributed by atoms with Crippen molar-refractivity contribution in [1.29, 1.82) is 0 Å². The van der Waals surface area contributed by atoms with Gasteiger partial charge in [-0.15, -0.1) is 0 Å². The lowest BCUT2D eigenvalue weighted by molar-refractivity contribution is 0.590. The fourth-order valence-electron chi connectivity index (χ4n) is 11.4. The maximum Gasteiger partial charge on any atom is 0.164 e. The van der Waals surface area contributed by atoms with E-state index < -0.39 is 0 Å². The minimum atomic E-state index is -0.113. The molecule has 13 aromatic rings. The summed E-state index contributed by atoms with van der Waals surface area (Å²) >= 11 is 0. The van der Waals surface area contributed by atoms with E-state index in [1.54, 1.807) is 0 Å². The Morgan fingerprint density at radius 2 is 0.605 bits per heavy atom. The van der Waals surface area contributed by atoms with E-state index in [9.17, 15) is 0 Å². The summed E-state index contributed by atoms with van der Waals surface area (Å²) in [6.07, 6.45) is 0. The molecule has 81 heavy (non-hydrogen) atoms. The standard InChI is InChI=1S/C77H62N4/c1-76(2,3)63-41-42-70-68(48-63)69-50-64(77(4,5)6)49-67(57-35-23-12-24-36-57)72(69)81(70)71-65(55-31-19-10-20-32-55)46-62(47-66(71)56-33-21-11-22-34-56)75-79-73(58-39-37-54(38-40-58)51-25-13-7-14-26-51)78-74(80-75)61-44-59(52-27-15-8-16-28-52)43-60(45-61)53-29-17-9-18-30-53/h7-50H,1-6H3. The van der Waals surface area contributed by atoms with Crippen molar-refractivity contribution >= 4 is 21.8 Å². The van der Waals surface area contributed by atoms with Crippen LogP contribution in [0, 0.1) is 0 Å². The molecule has 4 heteroatoms. The highest BCUT2D eigenvalue weighted by atomic mass is 15.0. The Morgan fingerprint density at radius 3 is 1.05 bits per heavy atom. The Bertz CT molecular complexity index is 4280. The van der Waals surface area contributed by atoms with Gasteiger partial charge in [0.1, 0.15) is 0 Å². The van der Waals surface area contributed by atoms with Gasteiger partial charge in [0.25, 0.3) is 0 Å². The number of hydrogen-bond donors (Lipinski definition) is 0. The summed E-state index contributed by atoms with van der Waals surface area (Å²) in [5.41, 5.74) is 21.7. The zero-order chi connectivity index (χ0) is 55.2. The molecule has 4 nitrogen and oxygen atoms in total. The van der Waals surface area contributed by atoms with E-state index in [0.717, 1.165) is 89.0 Å². The van der Waals surface area contributed by atoms with Gasteiger partial charge in [-0.3, -0.25) is 0 Å². The molecule has 0 atom stereocenters. The first kappa shape index (κ1) is 50.7. The van der Waals surface area contributed by atoms with Gasteiger partial charge in [-0.25, -0.2) is 15.0 Å². The van der Waals surface area contributed by atoms with Gasteiger partial charge in [0.15, 0.2) is 17.5 Å². The third-order valence-electron chi connectivity index (χ3n) is 15.7. The maximum absolute atomic E-state index is 5.59. The molecule has 0 aliphatic carbocycles. The van der Waals surface area contributed by atoms with Crippen molar-refractivity contribution in [2.45, 2.75) is 52.4 Å². The smallest absolute Gasteiger partial charge is 0.164 e. The third-order valence-corrected chi connectivity index (χ3v) is 15.7. The fraction of sp³-hybridized carbons (Fsp3) is 0.104. The second kappa shape index (κ2) is 20.8. The second-order valence-corrected chi connectivity index (χ2v) is 23.3. The minimum absolute atomic E-state index is 0.0727. The first-order valence-electron chi connectivity index (χ1n) is 28.1. The molecule has 2 heterocycles. The van der Waals surface area contributed by atoms with Crippen molar-refractivity contribution in [3.63, 3.8) is 0 Å². The Morgan fingerprint density at radius 1 is 0.259 bits per heavy atom. The minimum Gasteiger partial charge on any atom is -0.307 e. The number of hydrogen-bond acceptors (Lipinski definition) is 3. The summed E-state index contributed by atoms with van der Waals surface area (Å²) in [4.78, 5) is 16.5. The quantitative estimate of drug-likeness (QED) is 0.137. The highest BCUT2D eigenvalue weighted by Crippen LogP contribution is 2.48. The van der Waals surface area contributed by atoms with Crippen molar-refractivity contribution in [3.8, 4) is 107 Å². The van der Waals surface area contributed by atoms with Crippen molar-refractivity contribution in [2.24, 2.45) is 0 Å². The van der Waals surface area contributed by atoms with E-state index >= 15 is 0 Å². The van der Waals surface area contributed by atoms with E-state index in [0.29, 0.717) is 17.5 Å². The maximum atomic E-state index is 5.59. The first-order valence-corrected chi connectivity index (χ1v) is 28.1. The summed E-state index contributed by atoms with van der Waals surface area (Å²) < 4.78 is 2.57. The molecule has 0 saturated heterocycles. The molecule has 0 aliphatic heterocycles. The number of rotatable bonds is 10. The summed E-state index contributed by atoms with van der Waals surface area (Å²) in [7, 11) is 0. The molecule has 390 valence electrons. The lowest BCUT2D eigenvalue weighted by Crippen LogP contribution is -2.11. The topological polar surface area (TPSA) is 43.6 Å². The zero-order valence-electron chi connectivity index (χ0n) is 46.7. The first-order chi connectivity index (χ1) is 39.4. The van der Waals surface area contributed by atoms with Crippen LogP contribution in [-0.4, -0.2) is 19.5 Å². The van der Waals surface area contributed by atoms with Gasteiger partial charge in [0.2, 0.25) is 0 Å². The van der Waals surface area contributed by atoms with Crippen LogP contribution >= 0.6 is 0 Å². The van der Waals surface area contributed by atoms with E-state index in [1.807, 2.05) is 0 Å². The molecule has 0 aliphatic rings. The van der Waals surface area contributed by atoms with Crippen LogP contribution in [0.25, 0.3) is 128 Å². The monoisotopic (exact) mass is 1040 g/mol. The molecule has 2 aromatic heterocycles. The molecule has 13 rings (SSSR count). The summed E-state index contributed by atoms with van der Waals surface area (Å²) in [5, 5.41) is 2.45. The molecule has 0 unspecified atom stereocenters. The van der Waals surface area contributed by atoms with Gasteiger partial charge in [0.05, 0.1) is 16.7 Å². The Hall–Kier alpha value is -9.77. The predicted octanol–water partition coefficient (Wildman–Crippen LogP) is 20.6. The average molecular weight is 1040 g/mol. The molecule has 0 spiro atoms. The molecule has 0 N–H and O–H groups in total. The molecule has 0 saturated carbocycles. The molecule has 0 amide bonds. The van der Waals surface area contributed by atoms with Crippen molar-refractivity contribution in [3.05, 3.63) is 278 Å². The van der Waals surface area contributed by atoms with Crippen LogP contribution in [0.15, 0.2) is 267 Å². The van der Waals surface area contributed by atoms with Crippen LogP contribution in [0.2, 0.25) is 0 Å². The van der Waals surface area contributed by atoms with Crippen LogP contribution in [0.5, 0.6) is 0 Å². The number of aromatic nitrogens is 4. The molecule has 0 radical (unpaired) electrons. The van der Waals surface area contributed by atoms with Crippen LogP contribution in [0.3, 0.4) is 0 Å². The van der Waals surface area contributed by atoms with Crippen LogP contribution in [0.1, 0.15) is 52.7 Å². The lowest BCUT2D eigenvalue weighted by Gasteiger charge is -2.24. The van der Waals surface area contributed by atoms with Gasteiger partial charge in [-0.1, -0.05) is 254 Å². The molecular formula is C77H62N4. The summed E-state index contributed by atoms with van der Waals surface area (Å²) in [5.74, 6) is 1.75. The van der Waals surface area contributed by atoms with Gasteiger partial charge < -0.3 is 4.57 Å². The molecular weight excluding hydrogens is 981 g/mol. The third kappa shape index (κ3) is 9.95. The number of benzene rings is 11. The highest BCUT2D eigenvalue weighted by Gasteiger charge is 2.28. The van der Waals surface area contributed by atoms with Gasteiger partial charge in [0, 0.05) is 44.2 Å². The van der Waals surface area contributed by atoms with E-state index in [2.05, 4.69) is 313 Å². The van der Waals surface area contributed by atoms with Crippen LogP contribution in [0.4, 0.5) is 0 Å². The van der Waals surface area contributed by atoms with E-state index in [-0.39, 0.29) is 10.8 Å². The zero-order valence-corrected chi connectivity index (χ0v) is 46.7. The molecule has 0 fully saturated rings. The Labute approximate surface area is 475 Å². The van der Waals surface area contributed by atoms with Crippen molar-refractivity contribution in [1.82, 2.24) is 19.5 Å². The Kier molecular flexibility index (Phi) is 13.0. The normalized spacial score (nSPS) is 11.8. The lowest BCUT2D eigenvalue weighted by atomic mass is 9.83. The predicted molar refractivity (Wildman–Crippen MR) is 340 cm³/mol. The largest absolute Gasteiger partial charge is 0.307 e. The van der Waals surface area contributed by atoms with Crippen molar-refractivity contribution in [2.75, 3.05) is 0 Å². The number of nitrogens with zero attached hydrogens (tertiary/aromatic N) is 4. The fourth-order valence-corrected chi connectivity index (χ4v) is 11.4. The van der Waals surface area contributed by atoms with Crippen molar-refractivity contribution < 1.29 is 0 Å². The molecule has 0 bridgehead atoms. The number of fused-ring (bicyclic) bond motifs is 3. The van der Waals surface area contributed by atoms with Gasteiger partial charge in [-0.2, -0.15) is 0 Å². The van der Waals surface area contributed by atoms with Gasteiger partial charge >= 0.3 is 0 Å². The highest BCUT2D eigenvalue weighted by molar-refractivity contribution is 6.15. The summed E-state index contributed by atoms with van der Waals surface area (Å²) in [6, 6.07) is 96.3. The Balaban J connectivity index is 1.13. The molecule has 11 aromatic carbocycles. The van der Waals surface area contributed by atoms with E-state index in [1.165, 1.54) is 33.0 Å². The SMILES string of the molecule is CC(C)(C)c1ccc2c(c1)c1cc(C(C)(C)C)cc(-c3ccccc3)c1n2-c1c(-c2ccccc2)cc(-c2nc(-c3ccc(-c4ccccc4)cc3)nc(-c3cc(-c4ccccc4)cc(-c4ccccc4)c3)n2)cc1-c1ccccc1. The van der Waals surface area contributed by atoms with Crippen LogP contribution < -0.4 is 0 Å². The summed E-state index contributed by atoms with van der Waals surface area (Å²) in [6.45, 7) is 13.9.